The maximum absolute atomic E-state index is 10.9. The van der Waals surface area contributed by atoms with Gasteiger partial charge in [0.2, 0.25) is 0 Å². The van der Waals surface area contributed by atoms with Crippen molar-refractivity contribution in [3.8, 4) is 0 Å². The molecule has 0 saturated carbocycles. The quantitative estimate of drug-likeness (QED) is 0.711. The van der Waals surface area contributed by atoms with Crippen molar-refractivity contribution >= 4 is 0 Å². The van der Waals surface area contributed by atoms with Crippen LogP contribution in [0.25, 0.3) is 0 Å². The van der Waals surface area contributed by atoms with Gasteiger partial charge in [-0.1, -0.05) is 34.1 Å². The maximum Gasteiger partial charge on any atom is 0.413 e. The Hall–Kier alpha value is -0.410. The monoisotopic (exact) mass is 375 g/mol. The number of likely N-dealkylation sites (tertiary alicyclic amines) is 1. The van der Waals surface area contributed by atoms with Gasteiger partial charge >= 0.3 is 6.18 Å². The van der Waals surface area contributed by atoms with E-state index in [0.29, 0.717) is 0 Å². The van der Waals surface area contributed by atoms with E-state index >= 15 is 0 Å². The van der Waals surface area contributed by atoms with Crippen LogP contribution in [-0.4, -0.2) is 76.1 Å². The van der Waals surface area contributed by atoms with Crippen molar-refractivity contribution < 1.29 is 22.7 Å². The van der Waals surface area contributed by atoms with Gasteiger partial charge in [-0.05, 0) is 40.0 Å². The zero-order valence-electron chi connectivity index (χ0n) is 17.0. The first-order valence-electron chi connectivity index (χ1n) is 9.18. The summed E-state index contributed by atoms with van der Waals surface area (Å²) in [5.41, 5.74) is 0. The number of hydrogen-bond acceptors (Lipinski definition) is 5. The molecule has 2 heterocycles. The van der Waals surface area contributed by atoms with Crippen LogP contribution in [0.1, 0.15) is 47.0 Å². The van der Waals surface area contributed by atoms with E-state index in [2.05, 4.69) is 34.6 Å². The van der Waals surface area contributed by atoms with E-state index in [-0.39, 0.29) is 0 Å². The number of piperidine rings is 1. The Morgan fingerprint density at radius 1 is 0.840 bits per heavy atom. The van der Waals surface area contributed by atoms with Crippen LogP contribution in [0.5, 0.6) is 0 Å². The lowest BCUT2D eigenvalue weighted by molar-refractivity contribution is -0.174. The van der Waals surface area contributed by atoms with E-state index in [1.54, 1.807) is 0 Å². The summed E-state index contributed by atoms with van der Waals surface area (Å²) < 4.78 is 37.7. The molecule has 0 aliphatic carbocycles. The van der Waals surface area contributed by atoms with Crippen LogP contribution in [0, 0.1) is 0 Å². The van der Waals surface area contributed by atoms with Gasteiger partial charge in [0.1, 0.15) is 0 Å². The number of nitrogens with two attached hydrogens (primary N) is 1. The third-order valence-corrected chi connectivity index (χ3v) is 3.06. The van der Waals surface area contributed by atoms with Crippen molar-refractivity contribution in [3.05, 3.63) is 0 Å². The standard InChI is InChI=1S/C6H13N.C5H11NO.C2H4F3NO.2C2H6/c1-7-5-3-2-4-6-7;1-6-2-4-7-5-3-6;3-2(4,5)1-7-6;2*1-2/h2-6H2,1H3;2-5H2,1H3;1,6H2;2*1-2H3. The van der Waals surface area contributed by atoms with Gasteiger partial charge in [-0.2, -0.15) is 13.2 Å². The zero-order valence-corrected chi connectivity index (χ0v) is 17.0. The van der Waals surface area contributed by atoms with Crippen molar-refractivity contribution in [2.24, 2.45) is 5.90 Å². The van der Waals surface area contributed by atoms with Gasteiger partial charge in [-0.3, -0.25) is 4.84 Å². The first kappa shape index (κ1) is 29.4. The molecule has 2 aliphatic heterocycles. The van der Waals surface area contributed by atoms with E-state index in [1.807, 2.05) is 27.7 Å². The molecule has 0 amide bonds. The topological polar surface area (TPSA) is 51.0 Å². The molecule has 0 radical (unpaired) electrons. The summed E-state index contributed by atoms with van der Waals surface area (Å²) in [6.45, 7) is 13.3. The molecule has 8 heteroatoms. The zero-order chi connectivity index (χ0) is 20.1. The Labute approximate surface area is 152 Å². The molecule has 2 fully saturated rings. The lowest BCUT2D eigenvalue weighted by atomic mass is 10.1. The number of morpholine rings is 1. The van der Waals surface area contributed by atoms with Crippen LogP contribution in [0.3, 0.4) is 0 Å². The molecule has 0 unspecified atom stereocenters. The molecule has 0 atom stereocenters. The molecule has 0 aromatic heterocycles. The highest BCUT2D eigenvalue weighted by atomic mass is 19.4. The second-order valence-corrected chi connectivity index (χ2v) is 5.21. The lowest BCUT2D eigenvalue weighted by Gasteiger charge is -2.21. The first-order valence-corrected chi connectivity index (χ1v) is 9.18. The minimum Gasteiger partial charge on any atom is -0.379 e. The number of nitrogens with zero attached hydrogens (tertiary/aromatic N) is 2. The van der Waals surface area contributed by atoms with Crippen LogP contribution in [0.15, 0.2) is 0 Å². The third-order valence-electron chi connectivity index (χ3n) is 3.06. The van der Waals surface area contributed by atoms with Crippen molar-refractivity contribution in [2.75, 3.05) is 60.1 Å². The molecular weight excluding hydrogens is 335 g/mol. The van der Waals surface area contributed by atoms with Crippen molar-refractivity contribution in [3.63, 3.8) is 0 Å². The fraction of sp³-hybridized carbons (Fsp3) is 1.00. The maximum atomic E-state index is 10.9. The summed E-state index contributed by atoms with van der Waals surface area (Å²) in [6, 6.07) is 0. The molecule has 0 aromatic rings. The number of alkyl halides is 3. The predicted octanol–water partition coefficient (Wildman–Crippen LogP) is 3.54. The third kappa shape index (κ3) is 28.7. The highest BCUT2D eigenvalue weighted by molar-refractivity contribution is 4.58. The van der Waals surface area contributed by atoms with Crippen LogP contribution in [-0.2, 0) is 9.57 Å². The molecule has 156 valence electrons. The van der Waals surface area contributed by atoms with E-state index in [1.165, 1.54) is 32.4 Å². The molecule has 0 spiro atoms. The summed E-state index contributed by atoms with van der Waals surface area (Å²) in [5.74, 6) is 4.09. The smallest absolute Gasteiger partial charge is 0.379 e. The molecular formula is C17H40F3N3O2. The molecule has 2 saturated heterocycles. The summed E-state index contributed by atoms with van der Waals surface area (Å²) in [5, 5.41) is 0. The molecule has 2 N–H and O–H groups in total. The van der Waals surface area contributed by atoms with E-state index in [9.17, 15) is 13.2 Å². The van der Waals surface area contributed by atoms with Crippen molar-refractivity contribution in [2.45, 2.75) is 53.1 Å². The minimum absolute atomic E-state index is 0.913. The highest BCUT2D eigenvalue weighted by Crippen LogP contribution is 2.12. The van der Waals surface area contributed by atoms with Gasteiger partial charge < -0.3 is 14.5 Å². The Morgan fingerprint density at radius 3 is 1.40 bits per heavy atom. The second kappa shape index (κ2) is 21.6. The van der Waals surface area contributed by atoms with E-state index < -0.39 is 12.8 Å². The van der Waals surface area contributed by atoms with Crippen LogP contribution >= 0.6 is 0 Å². The highest BCUT2D eigenvalue weighted by Gasteiger charge is 2.26. The summed E-state index contributed by atoms with van der Waals surface area (Å²) in [4.78, 5) is 7.94. The molecule has 25 heavy (non-hydrogen) atoms. The second-order valence-electron chi connectivity index (χ2n) is 5.21. The fourth-order valence-corrected chi connectivity index (χ4v) is 1.80. The predicted molar refractivity (Wildman–Crippen MR) is 98.6 cm³/mol. The Kier molecular flexibility index (Phi) is 25.4. The Bertz CT molecular complexity index is 218. The average molecular weight is 376 g/mol. The normalized spacial score (nSPS) is 18.0. The average Bonchev–Trinajstić information content (AvgIpc) is 2.60. The fourth-order valence-electron chi connectivity index (χ4n) is 1.80. The lowest BCUT2D eigenvalue weighted by Crippen LogP contribution is -2.32. The summed E-state index contributed by atoms with van der Waals surface area (Å²) in [6.07, 6.45) is -0.0217. The van der Waals surface area contributed by atoms with E-state index in [0.717, 1.165) is 26.3 Å². The number of hydrogen-bond donors (Lipinski definition) is 1. The Morgan fingerprint density at radius 2 is 1.24 bits per heavy atom. The van der Waals surface area contributed by atoms with Gasteiger partial charge in [0, 0.05) is 13.1 Å². The number of halogens is 3. The van der Waals surface area contributed by atoms with Crippen molar-refractivity contribution in [1.82, 2.24) is 9.80 Å². The van der Waals surface area contributed by atoms with Crippen LogP contribution < -0.4 is 5.90 Å². The van der Waals surface area contributed by atoms with Crippen LogP contribution in [0.2, 0.25) is 0 Å². The number of likely N-dealkylation sites (N-methyl/N-ethyl adjacent to an activating group) is 1. The van der Waals surface area contributed by atoms with E-state index in [4.69, 9.17) is 4.74 Å². The molecule has 5 nitrogen and oxygen atoms in total. The first-order chi connectivity index (χ1) is 11.8. The Balaban J connectivity index is -0.000000264. The van der Waals surface area contributed by atoms with Crippen molar-refractivity contribution in [1.29, 1.82) is 0 Å². The summed E-state index contributed by atoms with van der Waals surface area (Å²) in [7, 11) is 4.31. The van der Waals surface area contributed by atoms with Gasteiger partial charge in [0.05, 0.1) is 13.2 Å². The van der Waals surface area contributed by atoms with Gasteiger partial charge in [0.25, 0.3) is 0 Å². The number of rotatable bonds is 1. The van der Waals surface area contributed by atoms with Gasteiger partial charge in [-0.15, -0.1) is 0 Å². The van der Waals surface area contributed by atoms with Gasteiger partial charge in [-0.25, -0.2) is 5.90 Å². The van der Waals surface area contributed by atoms with Gasteiger partial charge in [0.15, 0.2) is 6.61 Å². The van der Waals surface area contributed by atoms with Crippen LogP contribution in [0.4, 0.5) is 13.2 Å². The minimum atomic E-state index is -4.30. The SMILES string of the molecule is CC.CC.CN1CCCCC1.CN1CCOCC1.NOCC(F)(F)F. The molecule has 2 rings (SSSR count). The molecule has 0 aromatic carbocycles. The summed E-state index contributed by atoms with van der Waals surface area (Å²) >= 11 is 0. The molecule has 0 bridgehead atoms. The molecule has 2 aliphatic rings. The number of ether oxygens (including phenoxy) is 1. The largest absolute Gasteiger partial charge is 0.413 e.